The number of carbonyl (C=O) groups is 1. The van der Waals surface area contributed by atoms with Gasteiger partial charge in [0.25, 0.3) is 5.91 Å². The molecule has 27 heavy (non-hydrogen) atoms. The van der Waals surface area contributed by atoms with Gasteiger partial charge < -0.3 is 19.4 Å². The lowest BCUT2D eigenvalue weighted by molar-refractivity contribution is 0.0704. The molecular formula is C21H23N3O3. The molecule has 1 atom stereocenters. The number of ether oxygens (including phenoxy) is 2. The molecule has 3 aromatic rings. The second-order valence-electron chi connectivity index (χ2n) is 6.83. The van der Waals surface area contributed by atoms with Crippen molar-refractivity contribution in [1.29, 1.82) is 0 Å². The molecule has 1 aliphatic heterocycles. The average Bonchev–Trinajstić information content (AvgIpc) is 3.17. The van der Waals surface area contributed by atoms with Crippen molar-refractivity contribution in [3.8, 4) is 11.5 Å². The number of fused-ring (bicyclic) bond motifs is 1. The van der Waals surface area contributed by atoms with E-state index in [1.54, 1.807) is 32.4 Å². The first-order valence-corrected chi connectivity index (χ1v) is 9.15. The highest BCUT2D eigenvalue weighted by Crippen LogP contribution is 2.29. The van der Waals surface area contributed by atoms with Gasteiger partial charge in [-0.1, -0.05) is 12.1 Å². The zero-order valence-corrected chi connectivity index (χ0v) is 15.6. The largest absolute Gasteiger partial charge is 0.497 e. The summed E-state index contributed by atoms with van der Waals surface area (Å²) in [5.74, 6) is 2.39. The van der Waals surface area contributed by atoms with Crippen molar-refractivity contribution < 1.29 is 14.3 Å². The number of likely N-dealkylation sites (tertiary alicyclic amines) is 1. The highest BCUT2D eigenvalue weighted by atomic mass is 16.5. The number of methoxy groups -OCH3 is 2. The number of imidazole rings is 1. The number of nitrogens with zero attached hydrogens (tertiary/aromatic N) is 2. The van der Waals surface area contributed by atoms with Crippen LogP contribution in [-0.4, -0.2) is 48.1 Å². The minimum Gasteiger partial charge on any atom is -0.497 e. The lowest BCUT2D eigenvalue weighted by Gasteiger charge is -2.32. The highest BCUT2D eigenvalue weighted by molar-refractivity contribution is 5.95. The molecule has 1 fully saturated rings. The van der Waals surface area contributed by atoms with Crippen molar-refractivity contribution in [2.45, 2.75) is 18.8 Å². The fourth-order valence-corrected chi connectivity index (χ4v) is 3.66. The summed E-state index contributed by atoms with van der Waals surface area (Å²) in [6, 6.07) is 13.3. The summed E-state index contributed by atoms with van der Waals surface area (Å²) in [6.45, 7) is 1.40. The van der Waals surface area contributed by atoms with Gasteiger partial charge in [0.1, 0.15) is 17.3 Å². The first-order chi connectivity index (χ1) is 13.2. The van der Waals surface area contributed by atoms with E-state index in [4.69, 9.17) is 14.5 Å². The molecule has 0 aliphatic carbocycles. The maximum absolute atomic E-state index is 13.1. The molecular weight excluding hydrogens is 342 g/mol. The van der Waals surface area contributed by atoms with Crippen LogP contribution in [0.15, 0.2) is 42.5 Å². The number of nitrogens with one attached hydrogen (secondary N) is 1. The predicted molar refractivity (Wildman–Crippen MR) is 104 cm³/mol. The van der Waals surface area contributed by atoms with Crippen LogP contribution in [0.2, 0.25) is 0 Å². The van der Waals surface area contributed by atoms with Crippen LogP contribution in [0.25, 0.3) is 11.0 Å². The average molecular weight is 365 g/mol. The molecule has 2 aromatic carbocycles. The Bertz CT molecular complexity index is 911. The molecule has 0 radical (unpaired) electrons. The molecule has 4 rings (SSSR count). The van der Waals surface area contributed by atoms with Crippen molar-refractivity contribution in [3.05, 3.63) is 53.9 Å². The quantitative estimate of drug-likeness (QED) is 0.767. The second-order valence-corrected chi connectivity index (χ2v) is 6.83. The molecule has 140 valence electrons. The molecule has 1 saturated heterocycles. The summed E-state index contributed by atoms with van der Waals surface area (Å²) in [7, 11) is 3.17. The van der Waals surface area contributed by atoms with Gasteiger partial charge in [-0.15, -0.1) is 0 Å². The molecule has 1 amide bonds. The number of aromatic amines is 1. The Morgan fingerprint density at radius 3 is 2.59 bits per heavy atom. The number of benzene rings is 2. The lowest BCUT2D eigenvalue weighted by atomic mass is 9.96. The van der Waals surface area contributed by atoms with Crippen molar-refractivity contribution in [3.63, 3.8) is 0 Å². The molecule has 1 aliphatic rings. The summed E-state index contributed by atoms with van der Waals surface area (Å²) in [4.78, 5) is 23.1. The van der Waals surface area contributed by atoms with Gasteiger partial charge >= 0.3 is 0 Å². The first kappa shape index (κ1) is 17.4. The smallest absolute Gasteiger partial charge is 0.254 e. The molecule has 2 heterocycles. The van der Waals surface area contributed by atoms with Crippen LogP contribution < -0.4 is 9.47 Å². The summed E-state index contributed by atoms with van der Waals surface area (Å²) in [6.07, 6.45) is 1.97. The van der Waals surface area contributed by atoms with E-state index in [1.807, 2.05) is 29.2 Å². The maximum atomic E-state index is 13.1. The predicted octanol–water partition coefficient (Wildman–Crippen LogP) is 3.60. The van der Waals surface area contributed by atoms with E-state index in [1.165, 1.54) is 0 Å². The van der Waals surface area contributed by atoms with Gasteiger partial charge in [0.2, 0.25) is 0 Å². The van der Waals surface area contributed by atoms with Gasteiger partial charge in [-0.25, -0.2) is 4.98 Å². The first-order valence-electron chi connectivity index (χ1n) is 9.15. The Balaban J connectivity index is 1.56. The topological polar surface area (TPSA) is 67.5 Å². The van der Waals surface area contributed by atoms with Gasteiger partial charge in [-0.2, -0.15) is 0 Å². The van der Waals surface area contributed by atoms with Crippen LogP contribution in [0.5, 0.6) is 11.5 Å². The van der Waals surface area contributed by atoms with Crippen LogP contribution in [0.4, 0.5) is 0 Å². The van der Waals surface area contributed by atoms with Crippen LogP contribution in [0, 0.1) is 0 Å². The Morgan fingerprint density at radius 2 is 1.89 bits per heavy atom. The summed E-state index contributed by atoms with van der Waals surface area (Å²) >= 11 is 0. The summed E-state index contributed by atoms with van der Waals surface area (Å²) in [5.41, 5.74) is 2.58. The van der Waals surface area contributed by atoms with Gasteiger partial charge in [0.15, 0.2) is 0 Å². The number of piperidine rings is 1. The Hall–Kier alpha value is -3.02. The third-order valence-corrected chi connectivity index (χ3v) is 5.10. The number of hydrogen-bond donors (Lipinski definition) is 1. The maximum Gasteiger partial charge on any atom is 0.254 e. The van der Waals surface area contributed by atoms with Crippen molar-refractivity contribution in [1.82, 2.24) is 14.9 Å². The molecule has 1 N–H and O–H groups in total. The van der Waals surface area contributed by atoms with E-state index >= 15 is 0 Å². The highest BCUT2D eigenvalue weighted by Gasteiger charge is 2.28. The van der Waals surface area contributed by atoms with Crippen molar-refractivity contribution >= 4 is 16.9 Å². The lowest BCUT2D eigenvalue weighted by Crippen LogP contribution is -2.39. The number of carbonyl (C=O) groups excluding carboxylic acids is 1. The summed E-state index contributed by atoms with van der Waals surface area (Å²) < 4.78 is 10.6. The van der Waals surface area contributed by atoms with E-state index in [0.717, 1.165) is 36.2 Å². The van der Waals surface area contributed by atoms with E-state index in [2.05, 4.69) is 4.98 Å². The van der Waals surface area contributed by atoms with E-state index in [0.29, 0.717) is 23.6 Å². The van der Waals surface area contributed by atoms with E-state index < -0.39 is 0 Å². The fraction of sp³-hybridized carbons (Fsp3) is 0.333. The van der Waals surface area contributed by atoms with E-state index in [-0.39, 0.29) is 11.8 Å². The molecule has 1 unspecified atom stereocenters. The fourth-order valence-electron chi connectivity index (χ4n) is 3.66. The standard InChI is InChI=1S/C21H23N3O3/c1-26-16-10-15(11-17(12-16)27-2)21(25)24-9-5-6-14(13-24)20-22-18-7-3-4-8-19(18)23-20/h3-4,7-8,10-12,14H,5-6,9,13H2,1-2H3,(H,22,23). The van der Waals surface area contributed by atoms with E-state index in [9.17, 15) is 4.79 Å². The van der Waals surface area contributed by atoms with Gasteiger partial charge in [0, 0.05) is 30.6 Å². The normalized spacial score (nSPS) is 17.1. The number of para-hydroxylation sites is 2. The monoisotopic (exact) mass is 365 g/mol. The number of amides is 1. The third kappa shape index (κ3) is 3.47. The molecule has 6 heteroatoms. The molecule has 1 aromatic heterocycles. The van der Waals surface area contributed by atoms with Gasteiger partial charge in [-0.05, 0) is 37.1 Å². The molecule has 6 nitrogen and oxygen atoms in total. The third-order valence-electron chi connectivity index (χ3n) is 5.10. The number of H-pyrrole nitrogens is 1. The molecule has 0 saturated carbocycles. The molecule has 0 bridgehead atoms. The minimum atomic E-state index is -0.00647. The minimum absolute atomic E-state index is 0.00647. The summed E-state index contributed by atoms with van der Waals surface area (Å²) in [5, 5.41) is 0. The number of rotatable bonds is 4. The van der Waals surface area contributed by atoms with Crippen molar-refractivity contribution in [2.24, 2.45) is 0 Å². The SMILES string of the molecule is COc1cc(OC)cc(C(=O)N2CCCC(c3nc4ccccc4[nH]3)C2)c1. The number of aromatic nitrogens is 2. The van der Waals surface area contributed by atoms with Crippen LogP contribution in [0.1, 0.15) is 34.9 Å². The zero-order chi connectivity index (χ0) is 18.8. The van der Waals surface area contributed by atoms with Crippen LogP contribution in [0.3, 0.4) is 0 Å². The zero-order valence-electron chi connectivity index (χ0n) is 15.6. The Labute approximate surface area is 158 Å². The van der Waals surface area contributed by atoms with Gasteiger partial charge in [0.05, 0.1) is 25.3 Å². The second kappa shape index (κ2) is 7.31. The Kier molecular flexibility index (Phi) is 4.71. The molecule has 0 spiro atoms. The van der Waals surface area contributed by atoms with Crippen LogP contribution >= 0.6 is 0 Å². The van der Waals surface area contributed by atoms with Crippen LogP contribution in [-0.2, 0) is 0 Å². The number of hydrogen-bond acceptors (Lipinski definition) is 4. The Morgan fingerprint density at radius 1 is 1.15 bits per heavy atom. The van der Waals surface area contributed by atoms with Gasteiger partial charge in [-0.3, -0.25) is 4.79 Å². The van der Waals surface area contributed by atoms with Crippen molar-refractivity contribution in [2.75, 3.05) is 27.3 Å².